The fourth-order valence-electron chi connectivity index (χ4n) is 4.12. The van der Waals surface area contributed by atoms with Crippen LogP contribution in [0.15, 0.2) is 0 Å². The van der Waals surface area contributed by atoms with Crippen molar-refractivity contribution in [3.63, 3.8) is 0 Å². The third-order valence-corrected chi connectivity index (χ3v) is 6.18. The van der Waals surface area contributed by atoms with Crippen molar-refractivity contribution in [1.29, 1.82) is 0 Å². The van der Waals surface area contributed by atoms with E-state index in [1.807, 2.05) is 0 Å². The minimum atomic E-state index is 0.246. The molecule has 0 aromatic heterocycles. The summed E-state index contributed by atoms with van der Waals surface area (Å²) in [6, 6.07) is 0. The molecule has 1 amide bonds. The molecule has 0 heterocycles. The van der Waals surface area contributed by atoms with Gasteiger partial charge in [0.2, 0.25) is 5.91 Å². The number of carbonyl (C=O) groups is 1. The number of rotatable bonds is 24. The smallest absolute Gasteiger partial charge is 0.219 e. The maximum atomic E-state index is 11.8. The molecule has 0 aliphatic carbocycles. The Morgan fingerprint density at radius 2 is 0.933 bits per heavy atom. The third kappa shape index (κ3) is 25.5. The highest BCUT2D eigenvalue weighted by molar-refractivity contribution is 5.75. The van der Waals surface area contributed by atoms with Gasteiger partial charge in [-0.05, 0) is 6.42 Å². The van der Waals surface area contributed by atoms with Gasteiger partial charge in [-0.1, -0.05) is 122 Å². The Balaban J connectivity index is 3.10. The summed E-state index contributed by atoms with van der Waals surface area (Å²) >= 11 is 0. The van der Waals surface area contributed by atoms with Gasteiger partial charge in [-0.3, -0.25) is 4.79 Å². The Kier molecular flexibility index (Phi) is 24.2. The highest BCUT2D eigenvalue weighted by atomic mass is 16.1. The molecule has 0 aliphatic rings. The zero-order valence-electron chi connectivity index (χ0n) is 21.2. The van der Waals surface area contributed by atoms with Crippen LogP contribution in [0.5, 0.6) is 0 Å². The van der Waals surface area contributed by atoms with Crippen LogP contribution < -0.4 is 10.2 Å². The number of hydrogen-bond acceptors (Lipinski definition) is 1. The lowest BCUT2D eigenvalue weighted by atomic mass is 10.0. The predicted molar refractivity (Wildman–Crippen MR) is 133 cm³/mol. The van der Waals surface area contributed by atoms with Crippen LogP contribution in [0.1, 0.15) is 142 Å². The van der Waals surface area contributed by atoms with Crippen LogP contribution in [-0.4, -0.2) is 33.1 Å². The van der Waals surface area contributed by atoms with Gasteiger partial charge in [-0.2, -0.15) is 0 Å². The average molecular weight is 426 g/mol. The molecular weight excluding hydrogens is 368 g/mol. The molecule has 0 aliphatic heterocycles. The molecule has 0 saturated carbocycles. The summed E-state index contributed by atoms with van der Waals surface area (Å²) in [6.45, 7) is 4.25. The first-order valence-electron chi connectivity index (χ1n) is 13.7. The molecule has 0 aromatic carbocycles. The Labute approximate surface area is 190 Å². The lowest BCUT2D eigenvalue weighted by Crippen LogP contribution is -3.05. The van der Waals surface area contributed by atoms with Gasteiger partial charge < -0.3 is 10.2 Å². The van der Waals surface area contributed by atoms with Crippen LogP contribution in [0, 0.1) is 0 Å². The summed E-state index contributed by atoms with van der Waals surface area (Å²) < 4.78 is 0. The lowest BCUT2D eigenvalue weighted by Gasteiger charge is -2.08. The van der Waals surface area contributed by atoms with E-state index in [1.54, 1.807) is 0 Å². The first-order valence-corrected chi connectivity index (χ1v) is 13.7. The Hall–Kier alpha value is -0.570. The SMILES string of the molecule is CCCCCCCCCCCCCCCCCCCCCC(=O)NCCC[NH+](C)C. The van der Waals surface area contributed by atoms with Crippen LogP contribution in [0.2, 0.25) is 0 Å². The van der Waals surface area contributed by atoms with Gasteiger partial charge in [-0.15, -0.1) is 0 Å². The second kappa shape index (κ2) is 24.7. The summed E-state index contributed by atoms with van der Waals surface area (Å²) in [5.74, 6) is 0.246. The molecule has 3 heteroatoms. The van der Waals surface area contributed by atoms with Gasteiger partial charge >= 0.3 is 0 Å². The molecule has 0 radical (unpaired) electrons. The molecule has 0 atom stereocenters. The number of nitrogens with one attached hydrogen (secondary N) is 2. The summed E-state index contributed by atoms with van der Waals surface area (Å²) in [5, 5.41) is 3.04. The number of amides is 1. The fraction of sp³-hybridized carbons (Fsp3) is 0.963. The van der Waals surface area contributed by atoms with E-state index in [4.69, 9.17) is 0 Å². The van der Waals surface area contributed by atoms with E-state index in [-0.39, 0.29) is 5.91 Å². The molecule has 0 unspecified atom stereocenters. The largest absolute Gasteiger partial charge is 0.356 e. The molecule has 0 aromatic rings. The highest BCUT2D eigenvalue weighted by Crippen LogP contribution is 2.14. The van der Waals surface area contributed by atoms with E-state index in [1.165, 1.54) is 120 Å². The van der Waals surface area contributed by atoms with E-state index >= 15 is 0 Å². The van der Waals surface area contributed by atoms with E-state index in [0.717, 1.165) is 25.9 Å². The van der Waals surface area contributed by atoms with Crippen molar-refractivity contribution in [1.82, 2.24) is 5.32 Å². The monoisotopic (exact) mass is 425 g/mol. The molecule has 0 bridgehead atoms. The van der Waals surface area contributed by atoms with Gasteiger partial charge in [-0.25, -0.2) is 0 Å². The van der Waals surface area contributed by atoms with Crippen LogP contribution in [0.4, 0.5) is 0 Å². The Morgan fingerprint density at radius 1 is 0.567 bits per heavy atom. The first-order chi connectivity index (χ1) is 14.7. The standard InChI is InChI=1S/C27H56N2O/c1-4-5-6-7-8-9-10-11-12-13-14-15-16-17-18-19-20-21-22-24-27(30)28-25-23-26-29(2)3/h4-26H2,1-3H3,(H,28,30)/p+1. The van der Waals surface area contributed by atoms with Crippen LogP contribution >= 0.6 is 0 Å². The number of unbranched alkanes of at least 4 members (excludes halogenated alkanes) is 18. The molecule has 0 spiro atoms. The van der Waals surface area contributed by atoms with Crippen molar-refractivity contribution in [3.8, 4) is 0 Å². The molecule has 0 rings (SSSR count). The van der Waals surface area contributed by atoms with Crippen molar-refractivity contribution in [2.24, 2.45) is 0 Å². The quantitative estimate of drug-likeness (QED) is 0.171. The maximum absolute atomic E-state index is 11.8. The molecule has 180 valence electrons. The highest BCUT2D eigenvalue weighted by Gasteiger charge is 2.01. The Bertz CT molecular complexity index is 344. The van der Waals surface area contributed by atoms with E-state index in [2.05, 4.69) is 26.3 Å². The average Bonchev–Trinajstić information content (AvgIpc) is 2.72. The van der Waals surface area contributed by atoms with Crippen LogP contribution in [-0.2, 0) is 4.79 Å². The van der Waals surface area contributed by atoms with Crippen molar-refractivity contribution >= 4 is 5.91 Å². The van der Waals surface area contributed by atoms with Crippen LogP contribution in [0.25, 0.3) is 0 Å². The summed E-state index contributed by atoms with van der Waals surface area (Å²) in [4.78, 5) is 13.2. The zero-order valence-corrected chi connectivity index (χ0v) is 21.2. The summed E-state index contributed by atoms with van der Waals surface area (Å²) in [6.07, 6.45) is 28.3. The third-order valence-electron chi connectivity index (χ3n) is 6.18. The summed E-state index contributed by atoms with van der Waals surface area (Å²) in [7, 11) is 4.31. The Morgan fingerprint density at radius 3 is 1.30 bits per heavy atom. The molecule has 30 heavy (non-hydrogen) atoms. The van der Waals surface area contributed by atoms with Gasteiger partial charge in [0.25, 0.3) is 0 Å². The van der Waals surface area contributed by atoms with Gasteiger partial charge in [0.15, 0.2) is 0 Å². The first kappa shape index (κ1) is 29.4. The van der Waals surface area contributed by atoms with Crippen LogP contribution in [0.3, 0.4) is 0 Å². The number of quaternary nitrogens is 1. The summed E-state index contributed by atoms with van der Waals surface area (Å²) in [5.41, 5.74) is 0. The van der Waals surface area contributed by atoms with E-state index in [0.29, 0.717) is 6.42 Å². The predicted octanol–water partition coefficient (Wildman–Crippen LogP) is 6.46. The fourth-order valence-corrected chi connectivity index (χ4v) is 4.12. The van der Waals surface area contributed by atoms with E-state index in [9.17, 15) is 4.79 Å². The number of hydrogen-bond donors (Lipinski definition) is 2. The molecule has 0 fully saturated rings. The minimum Gasteiger partial charge on any atom is -0.356 e. The van der Waals surface area contributed by atoms with Crippen molar-refractivity contribution in [2.75, 3.05) is 27.2 Å². The minimum absolute atomic E-state index is 0.246. The number of carbonyl (C=O) groups excluding carboxylic acids is 1. The normalized spacial score (nSPS) is 11.3. The second-order valence-corrected chi connectivity index (χ2v) is 9.77. The maximum Gasteiger partial charge on any atom is 0.219 e. The zero-order chi connectivity index (χ0) is 22.1. The van der Waals surface area contributed by atoms with Gasteiger partial charge in [0.05, 0.1) is 20.6 Å². The molecule has 2 N–H and O–H groups in total. The second-order valence-electron chi connectivity index (χ2n) is 9.77. The van der Waals surface area contributed by atoms with Crippen molar-refractivity contribution < 1.29 is 9.69 Å². The topological polar surface area (TPSA) is 33.5 Å². The molecule has 3 nitrogen and oxygen atoms in total. The van der Waals surface area contributed by atoms with Gasteiger partial charge in [0, 0.05) is 19.4 Å². The van der Waals surface area contributed by atoms with E-state index < -0.39 is 0 Å². The molecule has 0 saturated heterocycles. The van der Waals surface area contributed by atoms with Crippen molar-refractivity contribution in [3.05, 3.63) is 0 Å². The lowest BCUT2D eigenvalue weighted by molar-refractivity contribution is -0.858. The van der Waals surface area contributed by atoms with Crippen molar-refractivity contribution in [2.45, 2.75) is 142 Å². The van der Waals surface area contributed by atoms with Gasteiger partial charge in [0.1, 0.15) is 0 Å². The molecular formula is C27H57N2O+.